The van der Waals surface area contributed by atoms with Crippen LogP contribution in [0.1, 0.15) is 33.7 Å². The predicted octanol–water partition coefficient (Wildman–Crippen LogP) is 2.37. The Hall–Kier alpha value is -2.34. The van der Waals surface area contributed by atoms with Gasteiger partial charge < -0.3 is 9.64 Å². The molecule has 0 aliphatic carbocycles. The fourth-order valence-corrected chi connectivity index (χ4v) is 2.98. The van der Waals surface area contributed by atoms with Crippen LogP contribution in [0.15, 0.2) is 24.3 Å². The minimum Gasteiger partial charge on any atom is -0.464 e. The van der Waals surface area contributed by atoms with Gasteiger partial charge in [0.05, 0.1) is 19.3 Å². The summed E-state index contributed by atoms with van der Waals surface area (Å²) in [7, 11) is 1.33. The normalized spacial score (nSPS) is 13.5. The molecule has 1 aliphatic rings. The summed E-state index contributed by atoms with van der Waals surface area (Å²) in [5, 5.41) is 7.55. The maximum Gasteiger partial charge on any atom is 0.358 e. The first-order valence-corrected chi connectivity index (χ1v) is 8.13. The number of halogens is 1. The second-order valence-electron chi connectivity index (χ2n) is 5.71. The molecule has 0 atom stereocenters. The van der Waals surface area contributed by atoms with Crippen LogP contribution in [0.25, 0.3) is 0 Å². The summed E-state index contributed by atoms with van der Waals surface area (Å²) in [4.78, 5) is 25.9. The number of hydrogen-bond donors (Lipinski definition) is 1. The van der Waals surface area contributed by atoms with Gasteiger partial charge in [-0.3, -0.25) is 9.89 Å². The van der Waals surface area contributed by atoms with Crippen LogP contribution in [0.5, 0.6) is 0 Å². The van der Waals surface area contributed by atoms with Crippen LogP contribution < -0.4 is 0 Å². The van der Waals surface area contributed by atoms with Gasteiger partial charge in [-0.15, -0.1) is 0 Å². The van der Waals surface area contributed by atoms with E-state index in [1.165, 1.54) is 7.11 Å². The van der Waals surface area contributed by atoms with Gasteiger partial charge >= 0.3 is 5.97 Å². The lowest BCUT2D eigenvalue weighted by Crippen LogP contribution is -2.36. The molecule has 2 heterocycles. The van der Waals surface area contributed by atoms with Gasteiger partial charge in [0.1, 0.15) is 0 Å². The quantitative estimate of drug-likeness (QED) is 0.861. The van der Waals surface area contributed by atoms with Gasteiger partial charge in [-0.05, 0) is 30.5 Å². The first-order chi connectivity index (χ1) is 11.6. The average Bonchev–Trinajstić information content (AvgIpc) is 3.03. The molecule has 7 heteroatoms. The van der Waals surface area contributed by atoms with E-state index in [1.807, 2.05) is 24.3 Å². The molecule has 126 valence electrons. The number of rotatable bonds is 4. The van der Waals surface area contributed by atoms with Crippen molar-refractivity contribution in [1.29, 1.82) is 0 Å². The Bertz CT molecular complexity index is 755. The van der Waals surface area contributed by atoms with Gasteiger partial charge in [-0.2, -0.15) is 5.10 Å². The maximum absolute atomic E-state index is 12.4. The number of benzene rings is 1. The third-order valence-electron chi connectivity index (χ3n) is 4.21. The number of hydrogen-bond acceptors (Lipinski definition) is 4. The topological polar surface area (TPSA) is 75.3 Å². The van der Waals surface area contributed by atoms with E-state index in [0.717, 1.165) is 16.8 Å². The minimum absolute atomic E-state index is 0.0878. The van der Waals surface area contributed by atoms with Crippen molar-refractivity contribution in [2.24, 2.45) is 0 Å². The standard InChI is InChI=1S/C17H18ClN3O3/c1-24-17(23)16-13-8-9-21(10-14(13)19-20-16)15(22)7-4-11-2-5-12(18)6-3-11/h2-3,5-6H,4,7-10H2,1H3,(H,19,20). The van der Waals surface area contributed by atoms with E-state index in [2.05, 4.69) is 10.2 Å². The Morgan fingerprint density at radius 2 is 2.08 bits per heavy atom. The lowest BCUT2D eigenvalue weighted by Gasteiger charge is -2.26. The zero-order chi connectivity index (χ0) is 17.1. The first kappa shape index (κ1) is 16.5. The van der Waals surface area contributed by atoms with Gasteiger partial charge in [0.25, 0.3) is 0 Å². The molecule has 0 radical (unpaired) electrons. The molecule has 0 saturated carbocycles. The van der Waals surface area contributed by atoms with E-state index in [0.29, 0.717) is 43.1 Å². The predicted molar refractivity (Wildman–Crippen MR) is 88.8 cm³/mol. The number of carbonyl (C=O) groups is 2. The number of methoxy groups -OCH3 is 1. The Kier molecular flexibility index (Phi) is 4.85. The Morgan fingerprint density at radius 1 is 1.33 bits per heavy atom. The molecule has 3 rings (SSSR count). The number of carbonyl (C=O) groups excluding carboxylic acids is 2. The molecule has 6 nitrogen and oxygen atoms in total. The second kappa shape index (κ2) is 7.05. The van der Waals surface area contributed by atoms with E-state index in [4.69, 9.17) is 16.3 Å². The van der Waals surface area contributed by atoms with Gasteiger partial charge in [0.15, 0.2) is 5.69 Å². The van der Waals surface area contributed by atoms with Crippen LogP contribution in [0.2, 0.25) is 5.02 Å². The number of nitrogens with one attached hydrogen (secondary N) is 1. The second-order valence-corrected chi connectivity index (χ2v) is 6.15. The molecule has 0 unspecified atom stereocenters. The van der Waals surface area contributed by atoms with Gasteiger partial charge in [-0.1, -0.05) is 23.7 Å². The molecule has 1 aromatic carbocycles. The number of esters is 1. The van der Waals surface area contributed by atoms with Crippen molar-refractivity contribution in [2.45, 2.75) is 25.8 Å². The molecule has 1 amide bonds. The van der Waals surface area contributed by atoms with Crippen molar-refractivity contribution < 1.29 is 14.3 Å². The lowest BCUT2D eigenvalue weighted by molar-refractivity contribution is -0.132. The highest BCUT2D eigenvalue weighted by atomic mass is 35.5. The van der Waals surface area contributed by atoms with Crippen LogP contribution in [-0.2, 0) is 28.9 Å². The number of nitrogens with zero attached hydrogens (tertiary/aromatic N) is 2. The van der Waals surface area contributed by atoms with Crippen molar-refractivity contribution in [1.82, 2.24) is 15.1 Å². The number of aromatic nitrogens is 2. The van der Waals surface area contributed by atoms with E-state index < -0.39 is 5.97 Å². The highest BCUT2D eigenvalue weighted by molar-refractivity contribution is 6.30. The van der Waals surface area contributed by atoms with E-state index >= 15 is 0 Å². The number of fused-ring (bicyclic) bond motifs is 1. The number of aromatic amines is 1. The van der Waals surface area contributed by atoms with Crippen LogP contribution in [0, 0.1) is 0 Å². The fraction of sp³-hybridized carbons (Fsp3) is 0.353. The van der Waals surface area contributed by atoms with Crippen molar-refractivity contribution >= 4 is 23.5 Å². The van der Waals surface area contributed by atoms with Crippen molar-refractivity contribution in [3.05, 3.63) is 51.8 Å². The minimum atomic E-state index is -0.449. The highest BCUT2D eigenvalue weighted by Gasteiger charge is 2.27. The third kappa shape index (κ3) is 3.43. The number of aryl methyl sites for hydroxylation is 1. The van der Waals surface area contributed by atoms with Gasteiger partial charge in [0, 0.05) is 23.6 Å². The smallest absolute Gasteiger partial charge is 0.358 e. The molecule has 0 bridgehead atoms. The fourth-order valence-electron chi connectivity index (χ4n) is 2.86. The first-order valence-electron chi connectivity index (χ1n) is 7.75. The Labute approximate surface area is 144 Å². The summed E-state index contributed by atoms with van der Waals surface area (Å²) in [5.74, 6) is -0.361. The third-order valence-corrected chi connectivity index (χ3v) is 4.46. The van der Waals surface area contributed by atoms with E-state index in [1.54, 1.807) is 4.90 Å². The summed E-state index contributed by atoms with van der Waals surface area (Å²) in [6.45, 7) is 1.02. The molecule has 1 aromatic heterocycles. The molecule has 1 N–H and O–H groups in total. The van der Waals surface area contributed by atoms with Crippen molar-refractivity contribution in [2.75, 3.05) is 13.7 Å². The zero-order valence-corrected chi connectivity index (χ0v) is 14.1. The highest BCUT2D eigenvalue weighted by Crippen LogP contribution is 2.21. The zero-order valence-electron chi connectivity index (χ0n) is 13.3. The molecule has 0 fully saturated rings. The van der Waals surface area contributed by atoms with Crippen LogP contribution in [0.3, 0.4) is 0 Å². The maximum atomic E-state index is 12.4. The molecular formula is C17H18ClN3O3. The summed E-state index contributed by atoms with van der Waals surface area (Å²) < 4.78 is 4.72. The lowest BCUT2D eigenvalue weighted by atomic mass is 10.0. The summed E-state index contributed by atoms with van der Waals surface area (Å²) in [5.41, 5.74) is 3.06. The van der Waals surface area contributed by atoms with Gasteiger partial charge in [-0.25, -0.2) is 4.79 Å². The van der Waals surface area contributed by atoms with Crippen LogP contribution in [0.4, 0.5) is 0 Å². The van der Waals surface area contributed by atoms with Crippen LogP contribution in [-0.4, -0.2) is 40.6 Å². The van der Waals surface area contributed by atoms with Gasteiger partial charge in [0.2, 0.25) is 5.91 Å². The number of ether oxygens (including phenoxy) is 1. The molecule has 1 aliphatic heterocycles. The number of H-pyrrole nitrogens is 1. The summed E-state index contributed by atoms with van der Waals surface area (Å²) in [6, 6.07) is 7.52. The molecule has 0 saturated heterocycles. The average molecular weight is 348 g/mol. The van der Waals surface area contributed by atoms with Crippen LogP contribution >= 0.6 is 11.6 Å². The number of amides is 1. The monoisotopic (exact) mass is 347 g/mol. The summed E-state index contributed by atoms with van der Waals surface area (Å²) in [6.07, 6.45) is 1.72. The van der Waals surface area contributed by atoms with E-state index in [9.17, 15) is 9.59 Å². The Balaban J connectivity index is 1.60. The van der Waals surface area contributed by atoms with Crippen molar-refractivity contribution in [3.63, 3.8) is 0 Å². The summed E-state index contributed by atoms with van der Waals surface area (Å²) >= 11 is 5.86. The SMILES string of the molecule is COC(=O)c1n[nH]c2c1CCN(C(=O)CCc1ccc(Cl)cc1)C2. The molecule has 24 heavy (non-hydrogen) atoms. The molecular weight excluding hydrogens is 330 g/mol. The Morgan fingerprint density at radius 3 is 2.79 bits per heavy atom. The largest absolute Gasteiger partial charge is 0.464 e. The molecule has 2 aromatic rings. The molecule has 0 spiro atoms. The van der Waals surface area contributed by atoms with Crippen molar-refractivity contribution in [3.8, 4) is 0 Å². The van der Waals surface area contributed by atoms with E-state index in [-0.39, 0.29) is 5.91 Å².